The second-order valence-corrected chi connectivity index (χ2v) is 24.9. The fourth-order valence-corrected chi connectivity index (χ4v) is 13.8. The first-order chi connectivity index (χ1) is 39.9. The van der Waals surface area contributed by atoms with Crippen molar-refractivity contribution in [1.29, 1.82) is 0 Å². The van der Waals surface area contributed by atoms with Crippen LogP contribution in [0.2, 0.25) is 0 Å². The number of hydrogen-bond acceptors (Lipinski definition) is 16. The second-order valence-electron chi connectivity index (χ2n) is 19.9. The number of hydrogen-bond donors (Lipinski definition) is 4. The van der Waals surface area contributed by atoms with Crippen molar-refractivity contribution in [3.8, 4) is 28.2 Å². The number of likely N-dealkylation sites (tertiary alicyclic amines) is 1. The summed E-state index contributed by atoms with van der Waals surface area (Å²) in [6.07, 6.45) is 2.25. The molecule has 1 aliphatic carbocycles. The third kappa shape index (κ3) is 14.1. The number of anilines is 1. The lowest BCUT2D eigenvalue weighted by molar-refractivity contribution is -0.142. The highest BCUT2D eigenvalue weighted by Crippen LogP contribution is 2.44. The summed E-state index contributed by atoms with van der Waals surface area (Å²) in [5, 5.41) is 29.8. The lowest BCUT2D eigenvalue weighted by Gasteiger charge is -2.25. The van der Waals surface area contributed by atoms with Crippen molar-refractivity contribution in [2.75, 3.05) is 50.7 Å². The minimum absolute atomic E-state index is 0.0346. The van der Waals surface area contributed by atoms with Crippen molar-refractivity contribution >= 4 is 70.8 Å². The van der Waals surface area contributed by atoms with Crippen LogP contribution in [0.4, 0.5) is 10.5 Å². The average molecular weight is 1210 g/mol. The van der Waals surface area contributed by atoms with Gasteiger partial charge >= 0.3 is 12.1 Å². The van der Waals surface area contributed by atoms with Crippen molar-refractivity contribution in [3.63, 3.8) is 0 Å². The average Bonchev–Trinajstić information content (AvgIpc) is 4.23. The summed E-state index contributed by atoms with van der Waals surface area (Å²) < 4.78 is 115. The molecule has 3 aliphatic heterocycles. The Morgan fingerprint density at radius 3 is 2.13 bits per heavy atom. The van der Waals surface area contributed by atoms with E-state index < -0.39 is 88.6 Å². The molecule has 0 unspecified atom stereocenters. The van der Waals surface area contributed by atoms with E-state index in [-0.39, 0.29) is 41.3 Å². The molecule has 446 valence electrons. The number of aromatic nitrogens is 3. The molecule has 5 aromatic rings. The van der Waals surface area contributed by atoms with Crippen LogP contribution in [0, 0.1) is 0 Å². The molecule has 24 nitrogen and oxygen atoms in total. The fraction of sp³-hybridized carbons (Fsp3) is 0.351. The number of carbonyl (C=O) groups excluding carboxylic acids is 2. The molecule has 3 atom stereocenters. The lowest BCUT2D eigenvalue weighted by Crippen LogP contribution is -2.51. The maximum absolute atomic E-state index is 14.2. The molecule has 2 amide bonds. The van der Waals surface area contributed by atoms with Crippen molar-refractivity contribution < 1.29 is 68.4 Å². The molecule has 4 aliphatic rings. The van der Waals surface area contributed by atoms with Crippen LogP contribution in [0.15, 0.2) is 134 Å². The lowest BCUT2D eigenvalue weighted by atomic mass is 9.93. The van der Waals surface area contributed by atoms with Gasteiger partial charge in [-0.15, -0.1) is 5.10 Å². The van der Waals surface area contributed by atoms with E-state index in [0.29, 0.717) is 72.7 Å². The van der Waals surface area contributed by atoms with E-state index in [1.54, 1.807) is 35.2 Å². The Kier molecular flexibility index (Phi) is 19.4. The SMILES string of the molecule is CC(=O)O.CCN(CC)c1ccc2c(-c3ccc(S(=O)(=O)NCc4cn([C@@H]5C[C@@H](C(=O)N[C@@H](Cc6ccc(OC(=O)N7CCCC7)cc6)C(=O)O)N(S(=O)(=O)c6ccccc6)C5)nn4)cc3S(=O)(=O)[O-])c3ccc(=[N+](CC)CC)cc-3oc2c1. The smallest absolute Gasteiger partial charge is 0.415 e. The van der Waals surface area contributed by atoms with Crippen LogP contribution in [0.3, 0.4) is 0 Å². The third-order valence-electron chi connectivity index (χ3n) is 14.6. The predicted molar refractivity (Wildman–Crippen MR) is 308 cm³/mol. The monoisotopic (exact) mass is 1210 g/mol. The largest absolute Gasteiger partial charge is 0.744 e. The summed E-state index contributed by atoms with van der Waals surface area (Å²) in [6, 6.07) is 24.1. The van der Waals surface area contributed by atoms with Crippen LogP contribution in [0.5, 0.6) is 5.75 Å². The van der Waals surface area contributed by atoms with E-state index in [1.165, 1.54) is 59.4 Å². The molecule has 84 heavy (non-hydrogen) atoms. The van der Waals surface area contributed by atoms with E-state index in [1.807, 2.05) is 52.0 Å². The van der Waals surface area contributed by atoms with Crippen LogP contribution in [-0.2, 0) is 57.5 Å². The van der Waals surface area contributed by atoms with Crippen LogP contribution in [-0.4, -0.2) is 146 Å². The molecular weight excluding hydrogens is 1150 g/mol. The van der Waals surface area contributed by atoms with Gasteiger partial charge in [-0.1, -0.05) is 41.6 Å². The van der Waals surface area contributed by atoms with Gasteiger partial charge in [-0.25, -0.2) is 48.8 Å². The zero-order chi connectivity index (χ0) is 60.7. The molecule has 4 N–H and O–H groups in total. The van der Waals surface area contributed by atoms with Gasteiger partial charge in [0.1, 0.15) is 52.4 Å². The first kappa shape index (κ1) is 62.0. The zero-order valence-corrected chi connectivity index (χ0v) is 49.2. The number of fused-ring (bicyclic) bond motifs is 2. The number of carbonyl (C=O) groups is 4. The first-order valence-corrected chi connectivity index (χ1v) is 31.5. The molecule has 0 saturated carbocycles. The Hall–Kier alpha value is -8.08. The Balaban J connectivity index is 0.00000223. The number of amides is 2. The first-order valence-electron chi connectivity index (χ1n) is 27.2. The molecule has 0 bridgehead atoms. The Morgan fingerprint density at radius 1 is 0.833 bits per heavy atom. The molecule has 4 aromatic carbocycles. The Labute approximate surface area is 486 Å². The molecule has 2 saturated heterocycles. The number of nitrogens with zero attached hydrogens (tertiary/aromatic N) is 7. The van der Waals surface area contributed by atoms with Gasteiger partial charge in [0.15, 0.2) is 0 Å². The summed E-state index contributed by atoms with van der Waals surface area (Å²) in [6.45, 7) is 12.4. The highest BCUT2D eigenvalue weighted by atomic mass is 32.2. The molecule has 0 spiro atoms. The van der Waals surface area contributed by atoms with Crippen LogP contribution < -0.4 is 29.6 Å². The molecule has 1 aromatic heterocycles. The normalized spacial score (nSPS) is 16.0. The summed E-state index contributed by atoms with van der Waals surface area (Å²) in [5.74, 6) is -2.45. The summed E-state index contributed by atoms with van der Waals surface area (Å²) >= 11 is 0. The number of carboxylic acids is 2. The topological polar surface area (TPSA) is 324 Å². The van der Waals surface area contributed by atoms with Gasteiger partial charge < -0.3 is 39.0 Å². The molecule has 0 radical (unpaired) electrons. The zero-order valence-electron chi connectivity index (χ0n) is 46.7. The second kappa shape index (κ2) is 26.2. The number of rotatable bonds is 20. The standard InChI is InChI=1S/C55H61N9O13S3.C2H4O2/c1-5-60(6-2)38-18-23-44-49(30-38)77-50-31-39(61(7-3)8-4)19-24-45(50)52(44)46-25-22-43(32-51(46)80(73,74)75)78(69,70)56-33-37-34-63(59-58-37)40-29-48(64(35-40)79(71,72)42-14-10-9-11-15-42)53(65)57-47(54(66)67)28-36-16-20-41(21-17-36)76-55(68)62-26-12-13-27-62;1-2(3)4/h9-11,14-25,30-32,34,40,47-48,56H,5-8,12-13,26-29,33,35H2,1-4H3,(H2-,57,65,66,67,73,74,75);1H3,(H,3,4)/t40-,47+,48+;/m1./s1. The van der Waals surface area contributed by atoms with Crippen LogP contribution >= 0.6 is 0 Å². The van der Waals surface area contributed by atoms with Gasteiger partial charge in [0, 0.05) is 86.0 Å². The van der Waals surface area contributed by atoms with E-state index in [9.17, 15) is 49.3 Å². The van der Waals surface area contributed by atoms with Crippen molar-refractivity contribution in [3.05, 3.63) is 132 Å². The maximum atomic E-state index is 14.2. The Bertz CT molecular complexity index is 3950. The third-order valence-corrected chi connectivity index (χ3v) is 18.7. The van der Waals surface area contributed by atoms with E-state index >= 15 is 0 Å². The van der Waals surface area contributed by atoms with Crippen molar-refractivity contribution in [2.45, 2.75) is 99.7 Å². The Morgan fingerprint density at radius 2 is 1.50 bits per heavy atom. The number of carboxylic acid groups (broad SMARTS) is 2. The molecule has 4 heterocycles. The van der Waals surface area contributed by atoms with Gasteiger partial charge in [0.25, 0.3) is 5.97 Å². The summed E-state index contributed by atoms with van der Waals surface area (Å²) in [4.78, 5) is 50.5. The minimum Gasteiger partial charge on any atom is -0.744 e. The predicted octanol–water partition coefficient (Wildman–Crippen LogP) is 5.34. The van der Waals surface area contributed by atoms with Crippen molar-refractivity contribution in [2.24, 2.45) is 0 Å². The van der Waals surface area contributed by atoms with Gasteiger partial charge in [-0.2, -0.15) is 4.31 Å². The van der Waals surface area contributed by atoms with Crippen molar-refractivity contribution in [1.82, 2.24) is 38.8 Å². The number of ether oxygens (including phenoxy) is 1. The highest BCUT2D eigenvalue weighted by molar-refractivity contribution is 7.89. The maximum Gasteiger partial charge on any atom is 0.415 e. The minimum atomic E-state index is -5.34. The highest BCUT2D eigenvalue weighted by Gasteiger charge is 2.46. The molecule has 9 rings (SSSR count). The molecule has 27 heteroatoms. The van der Waals surface area contributed by atoms with E-state index in [2.05, 4.69) is 29.8 Å². The van der Waals surface area contributed by atoms with Gasteiger partial charge in [-0.3, -0.25) is 9.59 Å². The number of benzene rings is 5. The fourth-order valence-electron chi connectivity index (χ4n) is 10.3. The summed E-state index contributed by atoms with van der Waals surface area (Å²) in [7, 11) is -14.3. The number of aliphatic carboxylic acids is 2. The van der Waals surface area contributed by atoms with Gasteiger partial charge in [-0.05, 0) is 107 Å². The molecular formula is C57H65N9O15S3. The van der Waals surface area contributed by atoms with Crippen LogP contribution in [0.1, 0.15) is 71.2 Å². The number of sulfonamides is 2. The van der Waals surface area contributed by atoms with Gasteiger partial charge in [0.05, 0.1) is 45.2 Å². The number of nitrogens with one attached hydrogen (secondary N) is 2. The van der Waals surface area contributed by atoms with Gasteiger partial charge in [0.2, 0.25) is 31.3 Å². The van der Waals surface area contributed by atoms with Crippen LogP contribution in [0.25, 0.3) is 33.4 Å². The van der Waals surface area contributed by atoms with E-state index in [4.69, 9.17) is 19.1 Å². The quantitative estimate of drug-likeness (QED) is 0.0425. The summed E-state index contributed by atoms with van der Waals surface area (Å²) in [5.41, 5.74) is 2.61. The van der Waals surface area contributed by atoms with E-state index in [0.717, 1.165) is 41.2 Å². The molecule has 2 fully saturated rings.